The first-order valence-electron chi connectivity index (χ1n) is 7.71. The number of halogens is 3. The Bertz CT molecular complexity index is 486. The SMILES string of the molecule is Cl.Cl.O=C(C1CCCCN1)N1CCN(Cc2ccc(Cl)s2)CC1. The summed E-state index contributed by atoms with van der Waals surface area (Å²) in [7, 11) is 0. The molecule has 0 aliphatic carbocycles. The van der Waals surface area contributed by atoms with Gasteiger partial charge in [0.05, 0.1) is 10.4 Å². The minimum absolute atomic E-state index is 0. The Morgan fingerprint density at radius 1 is 1.22 bits per heavy atom. The van der Waals surface area contributed by atoms with Crippen molar-refractivity contribution in [3.8, 4) is 0 Å². The number of hydrogen-bond donors (Lipinski definition) is 1. The molecule has 1 N–H and O–H groups in total. The van der Waals surface area contributed by atoms with Crippen LogP contribution in [0.1, 0.15) is 24.1 Å². The first-order valence-corrected chi connectivity index (χ1v) is 8.90. The second kappa shape index (κ2) is 10.1. The van der Waals surface area contributed by atoms with Crippen LogP contribution in [0.3, 0.4) is 0 Å². The van der Waals surface area contributed by atoms with E-state index in [1.165, 1.54) is 17.7 Å². The van der Waals surface area contributed by atoms with Gasteiger partial charge in [-0.25, -0.2) is 0 Å². The van der Waals surface area contributed by atoms with E-state index in [4.69, 9.17) is 11.6 Å². The molecule has 0 aromatic carbocycles. The van der Waals surface area contributed by atoms with E-state index in [-0.39, 0.29) is 30.9 Å². The van der Waals surface area contributed by atoms with Gasteiger partial charge in [0.25, 0.3) is 0 Å². The smallest absolute Gasteiger partial charge is 0.239 e. The van der Waals surface area contributed by atoms with Crippen LogP contribution < -0.4 is 5.32 Å². The molecule has 4 nitrogen and oxygen atoms in total. The van der Waals surface area contributed by atoms with Gasteiger partial charge in [0.1, 0.15) is 0 Å². The third-order valence-corrected chi connectivity index (χ3v) is 5.52. The molecule has 2 saturated heterocycles. The van der Waals surface area contributed by atoms with Crippen LogP contribution in [0, 0.1) is 0 Å². The van der Waals surface area contributed by atoms with Crippen molar-refractivity contribution in [2.45, 2.75) is 31.8 Å². The van der Waals surface area contributed by atoms with E-state index in [9.17, 15) is 4.79 Å². The van der Waals surface area contributed by atoms with Gasteiger partial charge in [-0.1, -0.05) is 18.0 Å². The predicted molar refractivity (Wildman–Crippen MR) is 101 cm³/mol. The van der Waals surface area contributed by atoms with Crippen molar-refractivity contribution in [1.82, 2.24) is 15.1 Å². The lowest BCUT2D eigenvalue weighted by Crippen LogP contribution is -2.54. The molecule has 23 heavy (non-hydrogen) atoms. The molecular weight excluding hydrogens is 377 g/mol. The Labute approximate surface area is 159 Å². The molecule has 8 heteroatoms. The number of nitrogens with one attached hydrogen (secondary N) is 1. The lowest BCUT2D eigenvalue weighted by atomic mass is 10.0. The maximum Gasteiger partial charge on any atom is 0.239 e. The van der Waals surface area contributed by atoms with Crippen molar-refractivity contribution in [2.75, 3.05) is 32.7 Å². The molecule has 0 spiro atoms. The third kappa shape index (κ3) is 5.76. The highest BCUT2D eigenvalue weighted by molar-refractivity contribution is 7.16. The Morgan fingerprint density at radius 2 is 1.96 bits per heavy atom. The third-order valence-electron chi connectivity index (χ3n) is 4.30. The molecule has 2 aliphatic heterocycles. The summed E-state index contributed by atoms with van der Waals surface area (Å²) < 4.78 is 0.849. The van der Waals surface area contributed by atoms with Gasteiger partial charge < -0.3 is 10.2 Å². The van der Waals surface area contributed by atoms with Gasteiger partial charge in [-0.05, 0) is 31.5 Å². The molecule has 2 fully saturated rings. The maximum atomic E-state index is 12.5. The van der Waals surface area contributed by atoms with Crippen molar-refractivity contribution >= 4 is 53.7 Å². The summed E-state index contributed by atoms with van der Waals surface area (Å²) in [5.74, 6) is 0.300. The summed E-state index contributed by atoms with van der Waals surface area (Å²) in [6, 6.07) is 4.11. The maximum absolute atomic E-state index is 12.5. The predicted octanol–water partition coefficient (Wildman–Crippen LogP) is 3.03. The Morgan fingerprint density at radius 3 is 2.52 bits per heavy atom. The Hall–Kier alpha value is -0.0400. The normalized spacial score (nSPS) is 22.1. The number of nitrogens with zero attached hydrogens (tertiary/aromatic N) is 2. The number of carbonyl (C=O) groups excluding carboxylic acids is 1. The fourth-order valence-electron chi connectivity index (χ4n) is 3.07. The lowest BCUT2D eigenvalue weighted by molar-refractivity contribution is -0.135. The van der Waals surface area contributed by atoms with E-state index in [0.29, 0.717) is 5.91 Å². The zero-order valence-electron chi connectivity index (χ0n) is 13.0. The highest BCUT2D eigenvalue weighted by Crippen LogP contribution is 2.23. The van der Waals surface area contributed by atoms with Crippen molar-refractivity contribution in [2.24, 2.45) is 0 Å². The highest BCUT2D eigenvalue weighted by atomic mass is 35.5. The van der Waals surface area contributed by atoms with Crippen LogP contribution in [-0.2, 0) is 11.3 Å². The summed E-state index contributed by atoms with van der Waals surface area (Å²) in [5, 5.41) is 3.35. The van der Waals surface area contributed by atoms with E-state index in [1.807, 2.05) is 11.0 Å². The quantitative estimate of drug-likeness (QED) is 0.847. The number of thiophene rings is 1. The monoisotopic (exact) mass is 399 g/mol. The summed E-state index contributed by atoms with van der Waals surface area (Å²) in [6.07, 6.45) is 3.36. The molecule has 132 valence electrons. The number of amides is 1. The molecule has 0 bridgehead atoms. The molecule has 1 aromatic heterocycles. The summed E-state index contributed by atoms with van der Waals surface area (Å²) in [4.78, 5) is 18.2. The molecule has 0 radical (unpaired) electrons. The molecule has 0 saturated carbocycles. The van der Waals surface area contributed by atoms with Gasteiger partial charge in [-0.2, -0.15) is 0 Å². The second-order valence-corrected chi connectivity index (χ2v) is 7.61. The van der Waals surface area contributed by atoms with Gasteiger partial charge >= 0.3 is 0 Å². The molecule has 1 atom stereocenters. The number of hydrogen-bond acceptors (Lipinski definition) is 4. The van der Waals surface area contributed by atoms with E-state index < -0.39 is 0 Å². The van der Waals surface area contributed by atoms with Crippen LogP contribution in [0.4, 0.5) is 0 Å². The van der Waals surface area contributed by atoms with E-state index >= 15 is 0 Å². The fourth-order valence-corrected chi connectivity index (χ4v) is 4.20. The van der Waals surface area contributed by atoms with Crippen LogP contribution in [-0.4, -0.2) is 54.5 Å². The number of carbonyl (C=O) groups is 1. The van der Waals surface area contributed by atoms with Crippen molar-refractivity contribution in [3.63, 3.8) is 0 Å². The van der Waals surface area contributed by atoms with Crippen LogP contribution in [0.15, 0.2) is 12.1 Å². The summed E-state index contributed by atoms with van der Waals surface area (Å²) in [6.45, 7) is 5.52. The molecular formula is C15H24Cl3N3OS. The minimum atomic E-state index is 0. The van der Waals surface area contributed by atoms with Crippen LogP contribution in [0.25, 0.3) is 0 Å². The van der Waals surface area contributed by atoms with E-state index in [1.54, 1.807) is 11.3 Å². The summed E-state index contributed by atoms with van der Waals surface area (Å²) >= 11 is 7.61. The van der Waals surface area contributed by atoms with Crippen LogP contribution >= 0.6 is 47.8 Å². The number of piperazine rings is 1. The topological polar surface area (TPSA) is 35.6 Å². The highest BCUT2D eigenvalue weighted by Gasteiger charge is 2.28. The van der Waals surface area contributed by atoms with E-state index in [0.717, 1.165) is 50.0 Å². The first kappa shape index (κ1) is 21.0. The van der Waals surface area contributed by atoms with Gasteiger partial charge in [-0.3, -0.25) is 9.69 Å². The van der Waals surface area contributed by atoms with Gasteiger partial charge in [-0.15, -0.1) is 36.2 Å². The molecule has 2 aliphatic rings. The van der Waals surface area contributed by atoms with Gasteiger partial charge in [0.15, 0.2) is 0 Å². The zero-order valence-corrected chi connectivity index (χ0v) is 16.2. The standard InChI is InChI=1S/C15H22ClN3OS.2ClH/c16-14-5-4-12(21-14)11-18-7-9-19(10-8-18)15(20)13-3-1-2-6-17-13;;/h4-5,13,17H,1-3,6-11H2;2*1H. The molecule has 1 aromatic rings. The van der Waals surface area contributed by atoms with E-state index in [2.05, 4.69) is 16.3 Å². The summed E-state index contributed by atoms with van der Waals surface area (Å²) in [5.41, 5.74) is 0. The number of piperidine rings is 1. The fraction of sp³-hybridized carbons (Fsp3) is 0.667. The number of rotatable bonds is 3. The molecule has 3 heterocycles. The largest absolute Gasteiger partial charge is 0.339 e. The first-order chi connectivity index (χ1) is 10.2. The average Bonchev–Trinajstić information content (AvgIpc) is 2.93. The second-order valence-electron chi connectivity index (χ2n) is 5.81. The molecule has 3 rings (SSSR count). The molecule has 1 amide bonds. The van der Waals surface area contributed by atoms with Crippen LogP contribution in [0.2, 0.25) is 4.34 Å². The zero-order chi connectivity index (χ0) is 14.7. The Balaban J connectivity index is 0.00000132. The van der Waals surface area contributed by atoms with Gasteiger partial charge in [0.2, 0.25) is 5.91 Å². The van der Waals surface area contributed by atoms with Crippen LogP contribution in [0.5, 0.6) is 0 Å². The van der Waals surface area contributed by atoms with Crippen molar-refractivity contribution in [3.05, 3.63) is 21.3 Å². The Kier molecular flexibility index (Phi) is 9.19. The average molecular weight is 401 g/mol. The molecule has 1 unspecified atom stereocenters. The van der Waals surface area contributed by atoms with Crippen molar-refractivity contribution < 1.29 is 4.79 Å². The minimum Gasteiger partial charge on any atom is -0.339 e. The van der Waals surface area contributed by atoms with Crippen molar-refractivity contribution in [1.29, 1.82) is 0 Å². The van der Waals surface area contributed by atoms with Gasteiger partial charge in [0, 0.05) is 37.6 Å². The lowest BCUT2D eigenvalue weighted by Gasteiger charge is -2.37.